The van der Waals surface area contributed by atoms with Crippen LogP contribution in [-0.2, 0) is 0 Å². The Morgan fingerprint density at radius 2 is 1.89 bits per heavy atom. The van der Waals surface area contributed by atoms with Crippen molar-refractivity contribution in [2.24, 2.45) is 0 Å². The van der Waals surface area contributed by atoms with Gasteiger partial charge in [0.2, 0.25) is 0 Å². The van der Waals surface area contributed by atoms with E-state index in [9.17, 15) is 0 Å². The third kappa shape index (κ3) is 2.69. The van der Waals surface area contributed by atoms with Gasteiger partial charge in [0, 0.05) is 12.7 Å². The smallest absolute Gasteiger partial charge is 0.101 e. The number of hydrogen-bond acceptors (Lipinski definition) is 3. The van der Waals surface area contributed by atoms with Crippen molar-refractivity contribution in [2.45, 2.75) is 13.0 Å². The van der Waals surface area contributed by atoms with Gasteiger partial charge in [-0.05, 0) is 36.8 Å². The normalized spacial score (nSPS) is 11.6. The Bertz CT molecular complexity index is 613. The third-order valence-corrected chi connectivity index (χ3v) is 3.38. The van der Waals surface area contributed by atoms with Crippen LogP contribution in [0.25, 0.3) is 0 Å². The molecule has 2 rings (SSSR count). The highest BCUT2D eigenvalue weighted by molar-refractivity contribution is 5.60. The van der Waals surface area contributed by atoms with Crippen LogP contribution in [0.4, 0.5) is 11.4 Å². The summed E-state index contributed by atoms with van der Waals surface area (Å²) in [5.74, 6) is 0. The molecule has 96 valence electrons. The average Bonchev–Trinajstić information content (AvgIpc) is 2.45. The lowest BCUT2D eigenvalue weighted by molar-refractivity contribution is 0.739. The molecule has 0 aromatic heterocycles. The van der Waals surface area contributed by atoms with E-state index in [1.54, 1.807) is 0 Å². The molecule has 0 aliphatic rings. The number of benzene rings is 2. The summed E-state index contributed by atoms with van der Waals surface area (Å²) >= 11 is 0. The molecule has 3 heteroatoms. The second-order valence-electron chi connectivity index (χ2n) is 4.59. The fourth-order valence-corrected chi connectivity index (χ4v) is 2.13. The number of nitrogens with two attached hydrogens (primary N) is 1. The van der Waals surface area contributed by atoms with E-state index in [0.29, 0.717) is 5.56 Å². The largest absolute Gasteiger partial charge is 0.399 e. The average molecular weight is 251 g/mol. The van der Waals surface area contributed by atoms with Crippen molar-refractivity contribution in [2.75, 3.05) is 17.7 Å². The van der Waals surface area contributed by atoms with Crippen molar-refractivity contribution < 1.29 is 0 Å². The summed E-state index contributed by atoms with van der Waals surface area (Å²) in [7, 11) is 1.99. The molecule has 2 N–H and O–H groups in total. The quantitative estimate of drug-likeness (QED) is 0.851. The summed E-state index contributed by atoms with van der Waals surface area (Å²) in [4.78, 5) is 2.09. The van der Waals surface area contributed by atoms with Crippen molar-refractivity contribution in [1.29, 1.82) is 5.26 Å². The van der Waals surface area contributed by atoms with Crippen LogP contribution in [-0.4, -0.2) is 7.05 Å². The molecular formula is C16H17N3. The molecule has 19 heavy (non-hydrogen) atoms. The summed E-state index contributed by atoms with van der Waals surface area (Å²) in [6.45, 7) is 2.10. The number of nitriles is 1. The van der Waals surface area contributed by atoms with Gasteiger partial charge in [-0.3, -0.25) is 0 Å². The predicted molar refractivity (Wildman–Crippen MR) is 78.8 cm³/mol. The molecule has 3 nitrogen and oxygen atoms in total. The minimum atomic E-state index is 0.151. The highest BCUT2D eigenvalue weighted by Crippen LogP contribution is 2.28. The Morgan fingerprint density at radius 1 is 1.16 bits per heavy atom. The molecular weight excluding hydrogens is 234 g/mol. The fourth-order valence-electron chi connectivity index (χ4n) is 2.13. The van der Waals surface area contributed by atoms with Gasteiger partial charge in [0.1, 0.15) is 6.07 Å². The van der Waals surface area contributed by atoms with Crippen LogP contribution in [0.2, 0.25) is 0 Å². The lowest BCUT2D eigenvalue weighted by Crippen LogP contribution is -2.22. The summed E-state index contributed by atoms with van der Waals surface area (Å²) in [6.07, 6.45) is 0. The monoisotopic (exact) mass is 251 g/mol. The van der Waals surface area contributed by atoms with E-state index in [1.807, 2.05) is 55.6 Å². The molecule has 0 aliphatic carbocycles. The van der Waals surface area contributed by atoms with Gasteiger partial charge in [0.05, 0.1) is 17.3 Å². The molecule has 1 atom stereocenters. The van der Waals surface area contributed by atoms with Gasteiger partial charge in [-0.1, -0.05) is 24.3 Å². The maximum atomic E-state index is 9.17. The lowest BCUT2D eigenvalue weighted by Gasteiger charge is -2.28. The molecule has 0 aliphatic heterocycles. The Labute approximate surface area is 113 Å². The van der Waals surface area contributed by atoms with E-state index in [2.05, 4.69) is 17.9 Å². The molecule has 0 saturated heterocycles. The summed E-state index contributed by atoms with van der Waals surface area (Å²) in [5, 5.41) is 9.17. The zero-order valence-electron chi connectivity index (χ0n) is 11.2. The molecule has 2 aromatic rings. The van der Waals surface area contributed by atoms with Crippen LogP contribution in [0, 0.1) is 11.3 Å². The first-order chi connectivity index (χ1) is 9.13. The number of rotatable bonds is 3. The van der Waals surface area contributed by atoms with Gasteiger partial charge >= 0.3 is 0 Å². The first-order valence-corrected chi connectivity index (χ1v) is 6.21. The van der Waals surface area contributed by atoms with Gasteiger partial charge in [-0.2, -0.15) is 5.26 Å². The Kier molecular flexibility index (Phi) is 3.72. The van der Waals surface area contributed by atoms with E-state index >= 15 is 0 Å². The minimum absolute atomic E-state index is 0.151. The molecule has 1 unspecified atom stereocenters. The number of para-hydroxylation sites is 1. The van der Waals surface area contributed by atoms with Crippen LogP contribution >= 0.6 is 0 Å². The van der Waals surface area contributed by atoms with E-state index in [1.165, 1.54) is 0 Å². The minimum Gasteiger partial charge on any atom is -0.399 e. The highest BCUT2D eigenvalue weighted by Gasteiger charge is 2.15. The Morgan fingerprint density at radius 3 is 2.58 bits per heavy atom. The first kappa shape index (κ1) is 13.0. The molecule has 2 aromatic carbocycles. The standard InChI is InChI=1S/C16H17N3/c1-12(13-7-5-8-15(18)10-13)19(2)16-9-4-3-6-14(16)11-17/h3-10,12H,18H2,1-2H3. The second-order valence-corrected chi connectivity index (χ2v) is 4.59. The van der Waals surface area contributed by atoms with Gasteiger partial charge in [-0.25, -0.2) is 0 Å². The van der Waals surface area contributed by atoms with Crippen LogP contribution in [0.15, 0.2) is 48.5 Å². The molecule has 0 amide bonds. The Hall–Kier alpha value is -2.47. The van der Waals surface area contributed by atoms with Crippen molar-refractivity contribution in [3.05, 3.63) is 59.7 Å². The van der Waals surface area contributed by atoms with Gasteiger partial charge in [0.15, 0.2) is 0 Å². The van der Waals surface area contributed by atoms with Crippen LogP contribution in [0.1, 0.15) is 24.1 Å². The van der Waals surface area contributed by atoms with Gasteiger partial charge < -0.3 is 10.6 Å². The van der Waals surface area contributed by atoms with E-state index < -0.39 is 0 Å². The molecule has 0 radical (unpaired) electrons. The van der Waals surface area contributed by atoms with Crippen molar-refractivity contribution in [3.63, 3.8) is 0 Å². The zero-order valence-corrected chi connectivity index (χ0v) is 11.2. The Balaban J connectivity index is 2.34. The fraction of sp³-hybridized carbons (Fsp3) is 0.188. The van der Waals surface area contributed by atoms with Crippen molar-refractivity contribution in [1.82, 2.24) is 0 Å². The van der Waals surface area contributed by atoms with Gasteiger partial charge in [-0.15, -0.1) is 0 Å². The second kappa shape index (κ2) is 5.45. The lowest BCUT2D eigenvalue weighted by atomic mass is 10.0. The van der Waals surface area contributed by atoms with Gasteiger partial charge in [0.25, 0.3) is 0 Å². The number of anilines is 2. The first-order valence-electron chi connectivity index (χ1n) is 6.21. The predicted octanol–water partition coefficient (Wildman–Crippen LogP) is 3.34. The maximum Gasteiger partial charge on any atom is 0.101 e. The zero-order chi connectivity index (χ0) is 13.8. The van der Waals surface area contributed by atoms with Crippen LogP contribution in [0.3, 0.4) is 0 Å². The third-order valence-electron chi connectivity index (χ3n) is 3.38. The highest BCUT2D eigenvalue weighted by atomic mass is 15.1. The van der Waals surface area contributed by atoms with Crippen LogP contribution in [0.5, 0.6) is 0 Å². The SMILES string of the molecule is CC(c1cccc(N)c1)N(C)c1ccccc1C#N. The number of nitrogens with zero attached hydrogens (tertiary/aromatic N) is 2. The van der Waals surface area contributed by atoms with Crippen molar-refractivity contribution >= 4 is 11.4 Å². The maximum absolute atomic E-state index is 9.17. The van der Waals surface area contributed by atoms with E-state index in [4.69, 9.17) is 11.0 Å². The topological polar surface area (TPSA) is 53.0 Å². The van der Waals surface area contributed by atoms with E-state index in [0.717, 1.165) is 16.9 Å². The molecule has 0 spiro atoms. The van der Waals surface area contributed by atoms with E-state index in [-0.39, 0.29) is 6.04 Å². The number of hydrogen-bond donors (Lipinski definition) is 1. The summed E-state index contributed by atoms with van der Waals surface area (Å²) in [6, 6.07) is 17.8. The molecule has 0 heterocycles. The summed E-state index contributed by atoms with van der Waals surface area (Å²) in [5.41, 5.74) is 9.32. The summed E-state index contributed by atoms with van der Waals surface area (Å²) < 4.78 is 0. The molecule has 0 saturated carbocycles. The molecule has 0 fully saturated rings. The van der Waals surface area contributed by atoms with Crippen molar-refractivity contribution in [3.8, 4) is 6.07 Å². The molecule has 0 bridgehead atoms. The van der Waals surface area contributed by atoms with Crippen LogP contribution < -0.4 is 10.6 Å². The number of nitrogen functional groups attached to an aromatic ring is 1.